The molecule has 0 aliphatic rings. The minimum atomic E-state index is -4.55. The maximum Gasteiger partial charge on any atom is 0.267 e. The maximum absolute atomic E-state index is 15.0. The van der Waals surface area contributed by atoms with E-state index in [0.29, 0.717) is 11.5 Å². The van der Waals surface area contributed by atoms with E-state index < -0.39 is 56.1 Å². The van der Waals surface area contributed by atoms with Gasteiger partial charge in [0, 0.05) is 6.07 Å². The lowest BCUT2D eigenvalue weighted by Gasteiger charge is -2.14. The number of aromatic nitrogens is 4. The molecule has 0 unspecified atom stereocenters. The summed E-state index contributed by atoms with van der Waals surface area (Å²) in [6.07, 6.45) is 2.01. The van der Waals surface area contributed by atoms with E-state index >= 15 is 4.39 Å². The monoisotopic (exact) mass is 490 g/mol. The van der Waals surface area contributed by atoms with E-state index in [2.05, 4.69) is 25.0 Å². The van der Waals surface area contributed by atoms with Crippen molar-refractivity contribution in [3.8, 4) is 11.6 Å². The van der Waals surface area contributed by atoms with Crippen LogP contribution in [0.15, 0.2) is 41.6 Å². The number of hydrogen-bond acceptors (Lipinski definition) is 7. The number of sulfonamides is 1. The van der Waals surface area contributed by atoms with Crippen LogP contribution in [0, 0.1) is 24.0 Å². The molecule has 10 nitrogen and oxygen atoms in total. The molecule has 0 aliphatic heterocycles. The van der Waals surface area contributed by atoms with Gasteiger partial charge in [-0.15, -0.1) is 0 Å². The smallest absolute Gasteiger partial charge is 0.267 e. The number of benzene rings is 1. The first-order valence-electron chi connectivity index (χ1n) is 9.27. The van der Waals surface area contributed by atoms with Crippen LogP contribution < -0.4 is 14.2 Å². The van der Waals surface area contributed by atoms with Crippen molar-refractivity contribution in [2.24, 2.45) is 0 Å². The second-order valence-electron chi connectivity index (χ2n) is 6.67. The van der Waals surface area contributed by atoms with Crippen LogP contribution in [0.4, 0.5) is 24.7 Å². The third kappa shape index (κ3) is 4.28. The van der Waals surface area contributed by atoms with Crippen molar-refractivity contribution < 1.29 is 31.1 Å². The quantitative estimate of drug-likeness (QED) is 0.379. The van der Waals surface area contributed by atoms with Gasteiger partial charge in [0.2, 0.25) is 5.88 Å². The van der Waals surface area contributed by atoms with Crippen LogP contribution >= 0.6 is 0 Å². The molecule has 0 saturated carbocycles. The Labute approximate surface area is 190 Å². The standard InChI is InChI=1S/C20H13F3N6O4S/c1-24-18-12-6-11(8-25-19(12)28-27-18)33-9-13-14(22)3-4-15(17(13)23)29-34(30,31)16-5-10(21)7-26-20(16)32-2/h3-8,29H,9H2,2H3,(H,25,27,28). The summed E-state index contributed by atoms with van der Waals surface area (Å²) in [5.41, 5.74) is -0.929. The number of hydrogen-bond donors (Lipinski definition) is 2. The molecule has 0 radical (unpaired) electrons. The fourth-order valence-electron chi connectivity index (χ4n) is 2.95. The van der Waals surface area contributed by atoms with Gasteiger partial charge in [-0.2, -0.15) is 0 Å². The molecule has 14 heteroatoms. The molecule has 0 fully saturated rings. The lowest BCUT2D eigenvalue weighted by atomic mass is 10.2. The Morgan fingerprint density at radius 1 is 1.18 bits per heavy atom. The third-order valence-electron chi connectivity index (χ3n) is 4.56. The number of nitrogens with zero attached hydrogens (tertiary/aromatic N) is 4. The molecule has 0 saturated heterocycles. The summed E-state index contributed by atoms with van der Waals surface area (Å²) >= 11 is 0. The minimum Gasteiger partial charge on any atom is -0.487 e. The van der Waals surface area contributed by atoms with Crippen LogP contribution in [0.25, 0.3) is 15.9 Å². The summed E-state index contributed by atoms with van der Waals surface area (Å²) in [5, 5.41) is 6.69. The van der Waals surface area contributed by atoms with Crippen LogP contribution in [0.3, 0.4) is 0 Å². The van der Waals surface area contributed by atoms with Gasteiger partial charge < -0.3 is 14.3 Å². The molecule has 0 amide bonds. The summed E-state index contributed by atoms with van der Waals surface area (Å²) < 4.78 is 80.5. The Bertz CT molecular complexity index is 1550. The molecular weight excluding hydrogens is 477 g/mol. The summed E-state index contributed by atoms with van der Waals surface area (Å²) in [7, 11) is -3.42. The van der Waals surface area contributed by atoms with Gasteiger partial charge in [0.15, 0.2) is 16.4 Å². The highest BCUT2D eigenvalue weighted by Gasteiger charge is 2.25. The highest BCUT2D eigenvalue weighted by atomic mass is 32.2. The normalized spacial score (nSPS) is 11.3. The first-order chi connectivity index (χ1) is 16.2. The summed E-state index contributed by atoms with van der Waals surface area (Å²) in [6.45, 7) is 6.47. The van der Waals surface area contributed by atoms with E-state index in [9.17, 15) is 17.2 Å². The Kier molecular flexibility index (Phi) is 5.95. The van der Waals surface area contributed by atoms with Crippen molar-refractivity contribution in [1.29, 1.82) is 0 Å². The highest BCUT2D eigenvalue weighted by Crippen LogP contribution is 2.29. The molecule has 4 aromatic rings. The van der Waals surface area contributed by atoms with Crippen LogP contribution in [-0.4, -0.2) is 35.7 Å². The Hall–Kier alpha value is -4.38. The predicted octanol–water partition coefficient (Wildman–Crippen LogP) is 3.71. The van der Waals surface area contributed by atoms with Crippen molar-refractivity contribution in [1.82, 2.24) is 20.2 Å². The van der Waals surface area contributed by atoms with E-state index in [1.807, 2.05) is 4.72 Å². The van der Waals surface area contributed by atoms with Gasteiger partial charge >= 0.3 is 0 Å². The number of rotatable bonds is 7. The van der Waals surface area contributed by atoms with Crippen molar-refractivity contribution in [3.05, 3.63) is 71.1 Å². The summed E-state index contributed by atoms with van der Waals surface area (Å²) in [5.74, 6) is -3.40. The van der Waals surface area contributed by atoms with Gasteiger partial charge in [0.25, 0.3) is 15.8 Å². The molecule has 0 atom stereocenters. The largest absolute Gasteiger partial charge is 0.487 e. The molecule has 34 heavy (non-hydrogen) atoms. The zero-order valence-electron chi connectivity index (χ0n) is 17.1. The molecular formula is C20H13F3N6O4S. The lowest BCUT2D eigenvalue weighted by molar-refractivity contribution is 0.292. The second kappa shape index (κ2) is 8.87. The zero-order valence-corrected chi connectivity index (χ0v) is 18.0. The van der Waals surface area contributed by atoms with E-state index in [-0.39, 0.29) is 17.2 Å². The second-order valence-corrected chi connectivity index (χ2v) is 8.32. The fourth-order valence-corrected chi connectivity index (χ4v) is 4.14. The maximum atomic E-state index is 15.0. The van der Waals surface area contributed by atoms with Crippen molar-refractivity contribution >= 4 is 32.6 Å². The SMILES string of the molecule is [C-]#[N+]c1[nH]nc2ncc(OCc3c(F)ccc(NS(=O)(=O)c4cc(F)cnc4OC)c3F)cc12. The van der Waals surface area contributed by atoms with Crippen LogP contribution in [0.1, 0.15) is 5.56 Å². The number of ether oxygens (including phenoxy) is 2. The Morgan fingerprint density at radius 2 is 1.97 bits per heavy atom. The molecule has 4 rings (SSSR count). The predicted molar refractivity (Wildman–Crippen MR) is 112 cm³/mol. The minimum absolute atomic E-state index is 0.0964. The number of fused-ring (bicyclic) bond motifs is 1. The third-order valence-corrected chi connectivity index (χ3v) is 5.92. The lowest BCUT2D eigenvalue weighted by Crippen LogP contribution is -2.17. The van der Waals surface area contributed by atoms with Gasteiger partial charge in [-0.05, 0) is 18.2 Å². The molecule has 1 aromatic carbocycles. The average molecular weight is 490 g/mol. The molecule has 2 N–H and O–H groups in total. The van der Waals surface area contributed by atoms with Gasteiger partial charge in [0.1, 0.15) is 24.0 Å². The van der Waals surface area contributed by atoms with Crippen LogP contribution in [0.2, 0.25) is 0 Å². The first kappa shape index (κ1) is 22.8. The number of anilines is 1. The van der Waals surface area contributed by atoms with Crippen molar-refractivity contribution in [2.45, 2.75) is 11.5 Å². The molecule has 0 aliphatic carbocycles. The van der Waals surface area contributed by atoms with Crippen LogP contribution in [0.5, 0.6) is 11.6 Å². The first-order valence-corrected chi connectivity index (χ1v) is 10.8. The topological polar surface area (TPSA) is 123 Å². The van der Waals surface area contributed by atoms with E-state index in [0.717, 1.165) is 25.4 Å². The van der Waals surface area contributed by atoms with Gasteiger partial charge in [-0.25, -0.2) is 36.7 Å². The number of aromatic amines is 1. The Balaban J connectivity index is 1.61. The number of methoxy groups -OCH3 is 1. The number of halogens is 3. The van der Waals surface area contributed by atoms with E-state index in [4.69, 9.17) is 16.0 Å². The fraction of sp³-hybridized carbons (Fsp3) is 0.100. The number of H-pyrrole nitrogens is 1. The van der Waals surface area contributed by atoms with Crippen molar-refractivity contribution in [2.75, 3.05) is 11.8 Å². The Morgan fingerprint density at radius 3 is 2.71 bits per heavy atom. The van der Waals surface area contributed by atoms with E-state index in [1.165, 1.54) is 12.3 Å². The molecule has 3 heterocycles. The zero-order chi connectivity index (χ0) is 24.5. The van der Waals surface area contributed by atoms with Gasteiger partial charge in [-0.1, -0.05) is 11.7 Å². The number of pyridine rings is 2. The summed E-state index contributed by atoms with van der Waals surface area (Å²) in [4.78, 5) is 10.1. The summed E-state index contributed by atoms with van der Waals surface area (Å²) in [6, 6.07) is 3.78. The van der Waals surface area contributed by atoms with Crippen LogP contribution in [-0.2, 0) is 16.6 Å². The molecule has 3 aromatic heterocycles. The molecule has 0 bridgehead atoms. The highest BCUT2D eigenvalue weighted by molar-refractivity contribution is 7.92. The number of nitrogens with one attached hydrogen (secondary N) is 2. The van der Waals surface area contributed by atoms with Gasteiger partial charge in [-0.3, -0.25) is 4.72 Å². The van der Waals surface area contributed by atoms with Crippen molar-refractivity contribution in [3.63, 3.8) is 0 Å². The van der Waals surface area contributed by atoms with Gasteiger partial charge in [0.05, 0.1) is 36.1 Å². The average Bonchev–Trinajstić information content (AvgIpc) is 3.23. The molecule has 174 valence electrons. The van der Waals surface area contributed by atoms with E-state index in [1.54, 1.807) is 0 Å². The molecule has 0 spiro atoms.